The van der Waals surface area contributed by atoms with Crippen LogP contribution < -0.4 is 10.3 Å². The summed E-state index contributed by atoms with van der Waals surface area (Å²) in [5.74, 6) is -4.97. The van der Waals surface area contributed by atoms with Crippen molar-refractivity contribution in [2.75, 3.05) is 7.11 Å². The van der Waals surface area contributed by atoms with Crippen LogP contribution in [0, 0.1) is 5.82 Å². The number of carbonyl (C=O) groups excluding carboxylic acids is 1. The number of benzene rings is 2. The minimum absolute atomic E-state index is 0.0210. The molecule has 3 rings (SSSR count). The molecule has 0 saturated carbocycles. The molecule has 0 aliphatic carbocycles. The van der Waals surface area contributed by atoms with Crippen LogP contribution in [0.1, 0.15) is 40.2 Å². The number of aryl methyl sites for hydroxylation is 1. The summed E-state index contributed by atoms with van der Waals surface area (Å²) in [7, 11) is 2.47. The Morgan fingerprint density at radius 2 is 1.74 bits per heavy atom. The van der Waals surface area contributed by atoms with E-state index in [9.17, 15) is 27.2 Å². The lowest BCUT2D eigenvalue weighted by Crippen LogP contribution is -2.28. The minimum Gasteiger partial charge on any atom is -0.465 e. The average molecular weight is 532 g/mol. The maximum Gasteiger partial charge on any atom is 0.396 e. The number of esters is 1. The Bertz CT molecular complexity index is 1320. The smallest absolute Gasteiger partial charge is 0.396 e. The highest BCUT2D eigenvalue weighted by Crippen LogP contribution is 2.48. The molecule has 186 valence electrons. The predicted molar refractivity (Wildman–Crippen MR) is 123 cm³/mol. The molecule has 0 N–H and O–H groups in total. The SMILES string of the molecule is COC(=O)c1ccc(Oc2ccc(C(C)C(c3ccc(=O)n(C)c3)C(F)(F)F)c(Cl)c2Cl)cc1F. The topological polar surface area (TPSA) is 57.5 Å². The number of alkyl halides is 3. The third-order valence-electron chi connectivity index (χ3n) is 5.46. The van der Waals surface area contributed by atoms with Gasteiger partial charge in [0.15, 0.2) is 0 Å². The number of hydrogen-bond donors (Lipinski definition) is 0. The first kappa shape index (κ1) is 26.6. The highest BCUT2D eigenvalue weighted by atomic mass is 35.5. The van der Waals surface area contributed by atoms with E-state index < -0.39 is 35.4 Å². The predicted octanol–water partition coefficient (Wildman–Crippen LogP) is 6.86. The Hall–Kier alpha value is -3.04. The highest BCUT2D eigenvalue weighted by molar-refractivity contribution is 6.43. The van der Waals surface area contributed by atoms with Crippen LogP contribution in [-0.2, 0) is 11.8 Å². The van der Waals surface area contributed by atoms with E-state index in [0.29, 0.717) is 0 Å². The molecule has 2 aromatic carbocycles. The number of rotatable bonds is 6. The van der Waals surface area contributed by atoms with Crippen molar-refractivity contribution in [1.29, 1.82) is 0 Å². The van der Waals surface area contributed by atoms with Gasteiger partial charge in [-0.1, -0.05) is 42.3 Å². The lowest BCUT2D eigenvalue weighted by Gasteiger charge is -2.28. The largest absolute Gasteiger partial charge is 0.465 e. The van der Waals surface area contributed by atoms with Gasteiger partial charge in [0.2, 0.25) is 5.56 Å². The average Bonchev–Trinajstić information content (AvgIpc) is 2.78. The van der Waals surface area contributed by atoms with Crippen LogP contribution in [0.4, 0.5) is 17.6 Å². The van der Waals surface area contributed by atoms with Crippen LogP contribution >= 0.6 is 23.2 Å². The van der Waals surface area contributed by atoms with Gasteiger partial charge in [-0.05, 0) is 35.2 Å². The molecule has 0 aliphatic rings. The second-order valence-corrected chi connectivity index (χ2v) is 8.49. The monoisotopic (exact) mass is 531 g/mol. The van der Waals surface area contributed by atoms with Gasteiger partial charge in [0, 0.05) is 25.4 Å². The van der Waals surface area contributed by atoms with E-state index >= 15 is 0 Å². The summed E-state index contributed by atoms with van der Waals surface area (Å²) in [4.78, 5) is 23.2. The number of hydrogen-bond acceptors (Lipinski definition) is 4. The van der Waals surface area contributed by atoms with Gasteiger partial charge in [-0.25, -0.2) is 9.18 Å². The minimum atomic E-state index is -4.65. The lowest BCUT2D eigenvalue weighted by atomic mass is 9.82. The van der Waals surface area contributed by atoms with Gasteiger partial charge in [-0.3, -0.25) is 4.79 Å². The fourth-order valence-corrected chi connectivity index (χ4v) is 4.22. The normalized spacial score (nSPS) is 13.3. The molecule has 0 bridgehead atoms. The van der Waals surface area contributed by atoms with Crippen LogP contribution in [0.15, 0.2) is 53.5 Å². The maximum atomic E-state index is 14.2. The first-order chi connectivity index (χ1) is 16.3. The molecule has 35 heavy (non-hydrogen) atoms. The van der Waals surface area contributed by atoms with Crippen LogP contribution in [0.2, 0.25) is 10.0 Å². The fraction of sp³-hybridized carbons (Fsp3) is 0.250. The number of ether oxygens (including phenoxy) is 2. The van der Waals surface area contributed by atoms with E-state index in [1.807, 2.05) is 0 Å². The summed E-state index contributed by atoms with van der Waals surface area (Å²) in [5, 5.41) is -0.336. The maximum absolute atomic E-state index is 14.2. The number of methoxy groups -OCH3 is 1. The second kappa shape index (κ2) is 10.3. The van der Waals surface area contributed by atoms with Gasteiger partial charge in [-0.15, -0.1) is 0 Å². The van der Waals surface area contributed by atoms with E-state index in [1.165, 1.54) is 32.2 Å². The zero-order chi connectivity index (χ0) is 26.1. The third-order valence-corrected chi connectivity index (χ3v) is 6.34. The Kier molecular flexibility index (Phi) is 7.81. The Morgan fingerprint density at radius 1 is 1.06 bits per heavy atom. The molecule has 0 saturated heterocycles. The van der Waals surface area contributed by atoms with Gasteiger partial charge >= 0.3 is 12.1 Å². The number of pyridine rings is 1. The molecule has 0 fully saturated rings. The van der Waals surface area contributed by atoms with E-state index in [4.69, 9.17) is 27.9 Å². The molecule has 0 spiro atoms. The molecule has 0 amide bonds. The zero-order valence-electron chi connectivity index (χ0n) is 18.6. The highest BCUT2D eigenvalue weighted by Gasteiger charge is 2.45. The molecule has 11 heteroatoms. The van der Waals surface area contributed by atoms with Crippen molar-refractivity contribution in [3.8, 4) is 11.5 Å². The van der Waals surface area contributed by atoms with Crippen molar-refractivity contribution in [3.63, 3.8) is 0 Å². The molecule has 1 heterocycles. The molecule has 3 aromatic rings. The number of nitrogens with zero attached hydrogens (tertiary/aromatic N) is 1. The molecule has 2 unspecified atom stereocenters. The fourth-order valence-electron chi connectivity index (χ4n) is 3.68. The second-order valence-electron chi connectivity index (χ2n) is 7.74. The van der Waals surface area contributed by atoms with Crippen molar-refractivity contribution in [2.45, 2.75) is 24.9 Å². The van der Waals surface area contributed by atoms with E-state index in [2.05, 4.69) is 4.74 Å². The Morgan fingerprint density at radius 3 is 2.31 bits per heavy atom. The van der Waals surface area contributed by atoms with E-state index in [-0.39, 0.29) is 38.2 Å². The molecular formula is C24H19Cl2F4NO4. The Labute approximate surface area is 207 Å². The summed E-state index contributed by atoms with van der Waals surface area (Å²) in [6.45, 7) is 1.35. The van der Waals surface area contributed by atoms with Crippen molar-refractivity contribution in [3.05, 3.63) is 91.6 Å². The third kappa shape index (κ3) is 5.62. The van der Waals surface area contributed by atoms with Crippen molar-refractivity contribution in [2.24, 2.45) is 7.05 Å². The summed E-state index contributed by atoms with van der Waals surface area (Å²) in [6.07, 6.45) is -3.52. The van der Waals surface area contributed by atoms with E-state index in [1.54, 1.807) is 0 Å². The molecular weight excluding hydrogens is 513 g/mol. The first-order valence-corrected chi connectivity index (χ1v) is 10.9. The summed E-state index contributed by atoms with van der Waals surface area (Å²) >= 11 is 12.6. The summed E-state index contributed by atoms with van der Waals surface area (Å²) in [6, 6.07) is 8.26. The van der Waals surface area contributed by atoms with Crippen LogP contribution in [0.5, 0.6) is 11.5 Å². The molecule has 0 aliphatic heterocycles. The first-order valence-electron chi connectivity index (χ1n) is 10.1. The molecule has 0 radical (unpaired) electrons. The lowest BCUT2D eigenvalue weighted by molar-refractivity contribution is -0.154. The van der Waals surface area contributed by atoms with Gasteiger partial charge < -0.3 is 14.0 Å². The molecule has 5 nitrogen and oxygen atoms in total. The van der Waals surface area contributed by atoms with Gasteiger partial charge in [-0.2, -0.15) is 13.2 Å². The van der Waals surface area contributed by atoms with Crippen LogP contribution in [0.3, 0.4) is 0 Å². The molecule has 2 atom stereocenters. The number of halogens is 6. The van der Waals surface area contributed by atoms with Crippen LogP contribution in [-0.4, -0.2) is 23.8 Å². The van der Waals surface area contributed by atoms with E-state index in [0.717, 1.165) is 42.1 Å². The Balaban J connectivity index is 1.96. The zero-order valence-corrected chi connectivity index (χ0v) is 20.1. The van der Waals surface area contributed by atoms with Gasteiger partial charge in [0.1, 0.15) is 22.3 Å². The van der Waals surface area contributed by atoms with Crippen molar-refractivity contribution >= 4 is 29.2 Å². The quantitative estimate of drug-likeness (QED) is 0.257. The van der Waals surface area contributed by atoms with Gasteiger partial charge in [0.25, 0.3) is 0 Å². The number of carbonyl (C=O) groups is 1. The number of aromatic nitrogens is 1. The standard InChI is InChI=1S/C24H19Cl2F4NO4/c1-12(20(24(28,29)30)13-4-9-19(32)31(2)11-13)15-7-8-18(22(26)21(15)25)35-14-5-6-16(17(27)10-14)23(33)34-3/h4-12,20H,1-3H3. The van der Waals surface area contributed by atoms with Crippen molar-refractivity contribution in [1.82, 2.24) is 4.57 Å². The van der Waals surface area contributed by atoms with Crippen molar-refractivity contribution < 1.29 is 31.8 Å². The molecule has 1 aromatic heterocycles. The van der Waals surface area contributed by atoms with Gasteiger partial charge in [0.05, 0.1) is 23.6 Å². The van der Waals surface area contributed by atoms with Crippen LogP contribution in [0.25, 0.3) is 0 Å². The summed E-state index contributed by atoms with van der Waals surface area (Å²) < 4.78 is 67.5. The summed E-state index contributed by atoms with van der Waals surface area (Å²) in [5.41, 5.74) is -0.751.